The Morgan fingerprint density at radius 1 is 1.28 bits per heavy atom. The summed E-state index contributed by atoms with van der Waals surface area (Å²) >= 11 is 0. The number of aromatic nitrogens is 1. The number of amides is 1. The van der Waals surface area contributed by atoms with Gasteiger partial charge in [0.15, 0.2) is 31.3 Å². The van der Waals surface area contributed by atoms with E-state index in [1.54, 1.807) is 0 Å². The summed E-state index contributed by atoms with van der Waals surface area (Å²) in [6.45, 7) is 3.96. The van der Waals surface area contributed by atoms with E-state index in [1.165, 1.54) is 11.0 Å². The lowest BCUT2D eigenvalue weighted by Crippen LogP contribution is -2.45. The molecule has 0 bridgehead atoms. The highest BCUT2D eigenvalue weighted by Gasteiger charge is 2.36. The zero-order chi connectivity index (χ0) is 23.7. The molecule has 2 heterocycles. The van der Waals surface area contributed by atoms with Crippen LogP contribution in [-0.2, 0) is 30.2 Å². The summed E-state index contributed by atoms with van der Waals surface area (Å²) in [4.78, 5) is 18.2. The zero-order valence-corrected chi connectivity index (χ0v) is 19.3. The van der Waals surface area contributed by atoms with Crippen LogP contribution in [0.4, 0.5) is 8.78 Å². The summed E-state index contributed by atoms with van der Waals surface area (Å²) in [5.74, 6) is -4.46. The third kappa shape index (κ3) is 6.12. The maximum absolute atomic E-state index is 13.4. The highest BCUT2D eigenvalue weighted by Crippen LogP contribution is 2.23. The second kappa shape index (κ2) is 9.26. The highest BCUT2D eigenvalue weighted by molar-refractivity contribution is 7.91. The maximum atomic E-state index is 13.4. The smallest absolute Gasteiger partial charge is 0.238 e. The van der Waals surface area contributed by atoms with Crippen LogP contribution in [0.15, 0.2) is 28.9 Å². The van der Waals surface area contributed by atoms with E-state index in [0.717, 1.165) is 18.4 Å². The summed E-state index contributed by atoms with van der Waals surface area (Å²) in [6.07, 6.45) is 1.36. The molecule has 1 unspecified atom stereocenters. The molecule has 0 spiro atoms. The SMILES string of the molecule is CC(C)CN(C(=O)CS(=O)(=O)Cc1coc(-c2ccc(F)c(F)c2)n1)C1CCS(=O)(=O)C1. The standard InChI is InChI=1S/C20H24F2N2O6S2/c1-13(2)8-24(16-5-6-31(26,27)11-16)19(25)12-32(28,29)10-15-9-30-20(23-15)14-3-4-17(21)18(22)7-14/h3-4,7,9,13,16H,5-6,8,10-12H2,1-2H3. The molecular formula is C20H24F2N2O6S2. The van der Waals surface area contributed by atoms with Crippen molar-refractivity contribution < 1.29 is 34.8 Å². The summed E-state index contributed by atoms with van der Waals surface area (Å²) in [6, 6.07) is 2.47. The largest absolute Gasteiger partial charge is 0.444 e. The van der Waals surface area contributed by atoms with Crippen LogP contribution in [-0.4, -0.2) is 62.5 Å². The molecule has 0 radical (unpaired) electrons. The molecule has 32 heavy (non-hydrogen) atoms. The molecule has 1 saturated heterocycles. The molecule has 0 N–H and O–H groups in total. The van der Waals surface area contributed by atoms with Crippen molar-refractivity contribution in [3.05, 3.63) is 41.8 Å². The Kier molecular flexibility index (Phi) is 7.03. The van der Waals surface area contributed by atoms with Crippen LogP contribution in [0, 0.1) is 17.6 Å². The van der Waals surface area contributed by atoms with E-state index < -0.39 is 54.8 Å². The Bertz CT molecular complexity index is 1210. The fraction of sp³-hybridized carbons (Fsp3) is 0.500. The van der Waals surface area contributed by atoms with E-state index in [0.29, 0.717) is 0 Å². The van der Waals surface area contributed by atoms with Crippen molar-refractivity contribution in [1.82, 2.24) is 9.88 Å². The van der Waals surface area contributed by atoms with Gasteiger partial charge in [-0.25, -0.2) is 30.6 Å². The minimum absolute atomic E-state index is 0.0105. The Balaban J connectivity index is 1.71. The molecule has 0 saturated carbocycles. The van der Waals surface area contributed by atoms with Gasteiger partial charge in [0.05, 0.1) is 23.0 Å². The first-order valence-electron chi connectivity index (χ1n) is 9.95. The molecule has 0 aliphatic carbocycles. The van der Waals surface area contributed by atoms with Crippen molar-refractivity contribution >= 4 is 25.6 Å². The molecule has 8 nitrogen and oxygen atoms in total. The summed E-state index contributed by atoms with van der Waals surface area (Å²) < 4.78 is 80.6. The Morgan fingerprint density at radius 2 is 2.00 bits per heavy atom. The minimum Gasteiger partial charge on any atom is -0.444 e. The summed E-state index contributed by atoms with van der Waals surface area (Å²) in [5.41, 5.74) is 0.144. The predicted octanol–water partition coefficient (Wildman–Crippen LogP) is 2.21. The topological polar surface area (TPSA) is 115 Å². The van der Waals surface area contributed by atoms with E-state index >= 15 is 0 Å². The van der Waals surface area contributed by atoms with Crippen molar-refractivity contribution in [1.29, 1.82) is 0 Å². The quantitative estimate of drug-likeness (QED) is 0.557. The van der Waals surface area contributed by atoms with E-state index in [9.17, 15) is 30.4 Å². The van der Waals surface area contributed by atoms with Gasteiger partial charge in [-0.05, 0) is 30.5 Å². The van der Waals surface area contributed by atoms with Gasteiger partial charge in [-0.1, -0.05) is 13.8 Å². The van der Waals surface area contributed by atoms with Crippen molar-refractivity contribution in [2.75, 3.05) is 23.8 Å². The third-order valence-electron chi connectivity index (χ3n) is 4.96. The predicted molar refractivity (Wildman–Crippen MR) is 113 cm³/mol. The first kappa shape index (κ1) is 24.3. The lowest BCUT2D eigenvalue weighted by molar-refractivity contribution is -0.130. The number of halogens is 2. The van der Waals surface area contributed by atoms with Gasteiger partial charge in [0.2, 0.25) is 11.8 Å². The fourth-order valence-electron chi connectivity index (χ4n) is 3.55. The number of sulfone groups is 2. The number of hydrogen-bond acceptors (Lipinski definition) is 7. The summed E-state index contributed by atoms with van der Waals surface area (Å²) in [7, 11) is -7.20. The molecule has 1 aliphatic rings. The van der Waals surface area contributed by atoms with Gasteiger partial charge in [0.25, 0.3) is 0 Å². The Morgan fingerprint density at radius 3 is 2.59 bits per heavy atom. The monoisotopic (exact) mass is 490 g/mol. The molecule has 3 rings (SSSR count). The van der Waals surface area contributed by atoms with Gasteiger partial charge in [-0.15, -0.1) is 0 Å². The maximum Gasteiger partial charge on any atom is 0.238 e. The van der Waals surface area contributed by atoms with Crippen LogP contribution in [0.1, 0.15) is 26.0 Å². The average Bonchev–Trinajstić information content (AvgIpc) is 3.27. The number of carbonyl (C=O) groups excluding carboxylic acids is 1. The van der Waals surface area contributed by atoms with E-state index in [4.69, 9.17) is 4.42 Å². The number of nitrogens with zero attached hydrogens (tertiary/aromatic N) is 2. The van der Waals surface area contributed by atoms with Gasteiger partial charge in [-0.2, -0.15) is 0 Å². The van der Waals surface area contributed by atoms with Crippen LogP contribution in [0.3, 0.4) is 0 Å². The van der Waals surface area contributed by atoms with Crippen LogP contribution in [0.5, 0.6) is 0 Å². The van der Waals surface area contributed by atoms with E-state index in [2.05, 4.69) is 4.98 Å². The second-order valence-corrected chi connectivity index (χ2v) is 12.6. The molecule has 1 aromatic heterocycles. The van der Waals surface area contributed by atoms with Gasteiger partial charge < -0.3 is 9.32 Å². The fourth-order valence-corrected chi connectivity index (χ4v) is 6.51. The number of oxazole rings is 1. The molecule has 1 aliphatic heterocycles. The number of carbonyl (C=O) groups is 1. The van der Waals surface area contributed by atoms with Crippen molar-refractivity contribution in [2.24, 2.45) is 5.92 Å². The van der Waals surface area contributed by atoms with Gasteiger partial charge in [0, 0.05) is 18.2 Å². The molecular weight excluding hydrogens is 466 g/mol. The number of benzene rings is 1. The van der Waals surface area contributed by atoms with Crippen molar-refractivity contribution in [3.63, 3.8) is 0 Å². The number of hydrogen-bond donors (Lipinski definition) is 0. The van der Waals surface area contributed by atoms with Crippen LogP contribution >= 0.6 is 0 Å². The number of rotatable bonds is 8. The molecule has 176 valence electrons. The lowest BCUT2D eigenvalue weighted by atomic mass is 10.1. The first-order valence-corrected chi connectivity index (χ1v) is 13.6. The molecule has 1 amide bonds. The van der Waals surface area contributed by atoms with E-state index in [-0.39, 0.29) is 47.5 Å². The summed E-state index contributed by atoms with van der Waals surface area (Å²) in [5, 5.41) is 0. The molecule has 1 atom stereocenters. The van der Waals surface area contributed by atoms with Crippen molar-refractivity contribution in [3.8, 4) is 11.5 Å². The normalized spacial score (nSPS) is 18.2. The van der Waals surface area contributed by atoms with Crippen LogP contribution in [0.2, 0.25) is 0 Å². The highest BCUT2D eigenvalue weighted by atomic mass is 32.2. The van der Waals surface area contributed by atoms with Crippen molar-refractivity contribution in [2.45, 2.75) is 32.1 Å². The second-order valence-electron chi connectivity index (χ2n) is 8.30. The molecule has 1 fully saturated rings. The van der Waals surface area contributed by atoms with Crippen LogP contribution in [0.25, 0.3) is 11.5 Å². The molecule has 1 aromatic carbocycles. The Labute approximate surface area is 185 Å². The van der Waals surface area contributed by atoms with E-state index in [1.807, 2.05) is 13.8 Å². The van der Waals surface area contributed by atoms with Gasteiger partial charge in [0.1, 0.15) is 12.0 Å². The molecule has 2 aromatic rings. The average molecular weight is 491 g/mol. The zero-order valence-electron chi connectivity index (χ0n) is 17.6. The van der Waals surface area contributed by atoms with Gasteiger partial charge in [-0.3, -0.25) is 4.79 Å². The first-order chi connectivity index (χ1) is 14.8. The third-order valence-corrected chi connectivity index (χ3v) is 8.13. The van der Waals surface area contributed by atoms with Crippen LogP contribution < -0.4 is 0 Å². The van der Waals surface area contributed by atoms with Gasteiger partial charge >= 0.3 is 0 Å². The minimum atomic E-state index is -3.95. The lowest BCUT2D eigenvalue weighted by Gasteiger charge is -2.29. The molecule has 12 heteroatoms. The Hall–Kier alpha value is -2.34.